The first-order chi connectivity index (χ1) is 5.74. The molecule has 1 aromatic carbocycles. The van der Waals surface area contributed by atoms with Crippen LogP contribution in [0.15, 0.2) is 24.3 Å². The maximum atomic E-state index is 5.76. The van der Waals surface area contributed by atoms with E-state index in [1.807, 2.05) is 31.2 Å². The van der Waals surface area contributed by atoms with Crippen LogP contribution in [0.2, 0.25) is 5.02 Å². The molecule has 0 radical (unpaired) electrons. The van der Waals surface area contributed by atoms with E-state index in [1.165, 1.54) is 5.30 Å². The molecule has 0 bridgehead atoms. The van der Waals surface area contributed by atoms with Crippen molar-refractivity contribution in [1.29, 1.82) is 0 Å². The molecule has 0 aliphatic carbocycles. The molecule has 1 unspecified atom stereocenters. The summed E-state index contributed by atoms with van der Waals surface area (Å²) in [6.07, 6.45) is 0. The first kappa shape index (κ1) is 9.98. The third-order valence-electron chi connectivity index (χ3n) is 1.51. The summed E-state index contributed by atoms with van der Waals surface area (Å²) in [4.78, 5) is 0. The van der Waals surface area contributed by atoms with Crippen molar-refractivity contribution in [2.24, 2.45) is 0 Å². The first-order valence-electron chi connectivity index (χ1n) is 3.86. The third-order valence-corrected chi connectivity index (χ3v) is 3.44. The fourth-order valence-corrected chi connectivity index (χ4v) is 2.15. The summed E-state index contributed by atoms with van der Waals surface area (Å²) in [5.41, 5.74) is 0. The number of halogens is 1. The van der Waals surface area contributed by atoms with E-state index < -0.39 is 8.15 Å². The minimum atomic E-state index is -0.447. The second kappa shape index (κ2) is 4.81. The monoisotopic (exact) mass is 202 g/mol. The predicted octanol–water partition coefficient (Wildman–Crippen LogP) is 3.03. The Bertz CT molecular complexity index is 235. The van der Waals surface area contributed by atoms with E-state index in [4.69, 9.17) is 16.1 Å². The van der Waals surface area contributed by atoms with Crippen LogP contribution in [0.1, 0.15) is 6.92 Å². The van der Waals surface area contributed by atoms with Crippen molar-refractivity contribution in [1.82, 2.24) is 0 Å². The van der Waals surface area contributed by atoms with Gasteiger partial charge in [0.25, 0.3) is 0 Å². The van der Waals surface area contributed by atoms with Gasteiger partial charge in [-0.3, -0.25) is 0 Å². The molecule has 0 aromatic heterocycles. The molecule has 1 nitrogen and oxygen atoms in total. The molecule has 3 heteroatoms. The summed E-state index contributed by atoms with van der Waals surface area (Å²) in [5, 5.41) is 2.01. The standard InChI is InChI=1S/C9H12ClOP/c1-3-11-12(2)9-6-4-8(10)5-7-9/h4-7H,3H2,1-2H3. The van der Waals surface area contributed by atoms with E-state index in [-0.39, 0.29) is 0 Å². The highest BCUT2D eigenvalue weighted by Crippen LogP contribution is 2.30. The quantitative estimate of drug-likeness (QED) is 0.685. The van der Waals surface area contributed by atoms with Crippen LogP contribution in [-0.4, -0.2) is 13.3 Å². The second-order valence-corrected chi connectivity index (χ2v) is 4.60. The predicted molar refractivity (Wildman–Crippen MR) is 55.6 cm³/mol. The Balaban J connectivity index is 2.68. The Labute approximate surface area is 79.5 Å². The SMILES string of the molecule is CCOP(C)c1ccc(Cl)cc1. The fourth-order valence-electron chi connectivity index (χ4n) is 0.919. The molecule has 1 atom stereocenters. The van der Waals surface area contributed by atoms with Crippen molar-refractivity contribution >= 4 is 25.1 Å². The van der Waals surface area contributed by atoms with Crippen molar-refractivity contribution in [3.05, 3.63) is 29.3 Å². The van der Waals surface area contributed by atoms with Crippen molar-refractivity contribution in [2.75, 3.05) is 13.3 Å². The van der Waals surface area contributed by atoms with Gasteiger partial charge in [0.1, 0.15) is 0 Å². The maximum absolute atomic E-state index is 5.76. The molecule has 0 spiro atoms. The van der Waals surface area contributed by atoms with E-state index >= 15 is 0 Å². The minimum absolute atomic E-state index is 0.447. The highest BCUT2D eigenvalue weighted by Gasteiger charge is 2.03. The Morgan fingerprint density at radius 3 is 2.42 bits per heavy atom. The molecule has 0 aliphatic rings. The van der Waals surface area contributed by atoms with Crippen molar-refractivity contribution < 1.29 is 4.52 Å². The number of hydrogen-bond donors (Lipinski definition) is 0. The Hall–Kier alpha value is -0.100. The lowest BCUT2D eigenvalue weighted by Gasteiger charge is -2.10. The topological polar surface area (TPSA) is 9.23 Å². The summed E-state index contributed by atoms with van der Waals surface area (Å²) >= 11 is 5.76. The summed E-state index contributed by atoms with van der Waals surface area (Å²) in [7, 11) is -0.447. The number of benzene rings is 1. The molecule has 12 heavy (non-hydrogen) atoms. The van der Waals surface area contributed by atoms with Crippen LogP contribution in [-0.2, 0) is 4.52 Å². The van der Waals surface area contributed by atoms with Gasteiger partial charge in [-0.25, -0.2) is 0 Å². The van der Waals surface area contributed by atoms with Crippen LogP contribution in [0.5, 0.6) is 0 Å². The molecule has 0 heterocycles. The molecule has 0 aliphatic heterocycles. The van der Waals surface area contributed by atoms with E-state index in [2.05, 4.69) is 6.66 Å². The molecule has 0 N–H and O–H groups in total. The summed E-state index contributed by atoms with van der Waals surface area (Å²) in [6, 6.07) is 7.83. The Morgan fingerprint density at radius 1 is 1.33 bits per heavy atom. The molecule has 0 saturated heterocycles. The first-order valence-corrected chi connectivity index (χ1v) is 5.94. The minimum Gasteiger partial charge on any atom is -0.355 e. The van der Waals surface area contributed by atoms with Crippen molar-refractivity contribution in [3.63, 3.8) is 0 Å². The zero-order chi connectivity index (χ0) is 8.97. The normalized spacial score (nSPS) is 12.9. The Morgan fingerprint density at radius 2 is 1.92 bits per heavy atom. The van der Waals surface area contributed by atoms with Crippen LogP contribution in [0.4, 0.5) is 0 Å². The average molecular weight is 203 g/mol. The van der Waals surface area contributed by atoms with Gasteiger partial charge in [0.05, 0.1) is 8.15 Å². The van der Waals surface area contributed by atoms with Crippen LogP contribution in [0, 0.1) is 0 Å². The average Bonchev–Trinajstić information content (AvgIpc) is 2.06. The van der Waals surface area contributed by atoms with E-state index in [1.54, 1.807) is 0 Å². The smallest absolute Gasteiger partial charge is 0.0571 e. The lowest BCUT2D eigenvalue weighted by molar-refractivity contribution is 0.386. The fraction of sp³-hybridized carbons (Fsp3) is 0.333. The number of rotatable bonds is 3. The van der Waals surface area contributed by atoms with Gasteiger partial charge >= 0.3 is 0 Å². The molecule has 0 saturated carbocycles. The lowest BCUT2D eigenvalue weighted by atomic mass is 10.4. The molecule has 0 amide bonds. The van der Waals surface area contributed by atoms with Crippen LogP contribution in [0.25, 0.3) is 0 Å². The van der Waals surface area contributed by atoms with Crippen LogP contribution >= 0.6 is 19.7 Å². The molecule has 66 valence electrons. The molecular formula is C9H12ClOP. The second-order valence-electron chi connectivity index (χ2n) is 2.39. The van der Waals surface area contributed by atoms with Crippen LogP contribution < -0.4 is 5.30 Å². The Kier molecular flexibility index (Phi) is 4.00. The van der Waals surface area contributed by atoms with Gasteiger partial charge in [-0.2, -0.15) is 0 Å². The largest absolute Gasteiger partial charge is 0.355 e. The third kappa shape index (κ3) is 2.75. The number of hydrogen-bond acceptors (Lipinski definition) is 1. The van der Waals surface area contributed by atoms with E-state index in [0.29, 0.717) is 0 Å². The highest BCUT2D eigenvalue weighted by atomic mass is 35.5. The highest BCUT2D eigenvalue weighted by molar-refractivity contribution is 7.60. The van der Waals surface area contributed by atoms with E-state index in [9.17, 15) is 0 Å². The lowest BCUT2D eigenvalue weighted by Crippen LogP contribution is -2.00. The molecular weight excluding hydrogens is 191 g/mol. The van der Waals surface area contributed by atoms with Gasteiger partial charge in [0.2, 0.25) is 0 Å². The molecule has 1 aromatic rings. The van der Waals surface area contributed by atoms with Gasteiger partial charge in [0.15, 0.2) is 0 Å². The van der Waals surface area contributed by atoms with Crippen molar-refractivity contribution in [3.8, 4) is 0 Å². The summed E-state index contributed by atoms with van der Waals surface area (Å²) in [6.45, 7) is 4.88. The van der Waals surface area contributed by atoms with Crippen LogP contribution in [0.3, 0.4) is 0 Å². The summed E-state index contributed by atoms with van der Waals surface area (Å²) < 4.78 is 5.49. The van der Waals surface area contributed by atoms with Crippen molar-refractivity contribution in [2.45, 2.75) is 6.92 Å². The zero-order valence-electron chi connectivity index (χ0n) is 7.25. The van der Waals surface area contributed by atoms with Gasteiger partial charge in [-0.1, -0.05) is 23.7 Å². The van der Waals surface area contributed by atoms with Gasteiger partial charge in [0, 0.05) is 16.9 Å². The zero-order valence-corrected chi connectivity index (χ0v) is 8.90. The van der Waals surface area contributed by atoms with E-state index in [0.717, 1.165) is 11.6 Å². The molecule has 1 rings (SSSR count). The maximum Gasteiger partial charge on any atom is 0.0571 e. The van der Waals surface area contributed by atoms with Gasteiger partial charge in [-0.15, -0.1) is 0 Å². The van der Waals surface area contributed by atoms with Gasteiger partial charge in [-0.05, 0) is 25.7 Å². The van der Waals surface area contributed by atoms with Gasteiger partial charge < -0.3 is 4.52 Å². The molecule has 0 fully saturated rings. The summed E-state index contributed by atoms with van der Waals surface area (Å²) in [5.74, 6) is 0.